The molecule has 30 heavy (non-hydrogen) atoms. The van der Waals surface area contributed by atoms with Gasteiger partial charge in [0.05, 0.1) is 0 Å². The summed E-state index contributed by atoms with van der Waals surface area (Å²) in [5.74, 6) is 2.67. The first-order chi connectivity index (χ1) is 14.6. The zero-order valence-electron chi connectivity index (χ0n) is 17.8. The normalized spacial score (nSPS) is 17.9. The maximum atomic E-state index is 12.5. The lowest BCUT2D eigenvalue weighted by Crippen LogP contribution is -2.50. The largest absolute Gasteiger partial charge is 0.484 e. The van der Waals surface area contributed by atoms with Gasteiger partial charge in [0.25, 0.3) is 5.91 Å². The van der Waals surface area contributed by atoms with Gasteiger partial charge in [0.1, 0.15) is 23.7 Å². The number of aromatic nitrogens is 2. The molecule has 2 aliphatic heterocycles. The number of hydrogen-bond acceptors (Lipinski definition) is 7. The molecule has 8 nitrogen and oxygen atoms in total. The van der Waals surface area contributed by atoms with Crippen LogP contribution in [-0.2, 0) is 4.79 Å². The Labute approximate surface area is 178 Å². The van der Waals surface area contributed by atoms with Crippen LogP contribution in [0, 0.1) is 6.92 Å². The maximum Gasteiger partial charge on any atom is 0.260 e. The van der Waals surface area contributed by atoms with Crippen molar-refractivity contribution in [1.82, 2.24) is 19.8 Å². The van der Waals surface area contributed by atoms with E-state index in [-0.39, 0.29) is 12.5 Å². The molecular weight excluding hydrogens is 380 g/mol. The molecule has 0 spiro atoms. The topological polar surface area (TPSA) is 65.0 Å². The van der Waals surface area contributed by atoms with Crippen molar-refractivity contribution in [1.29, 1.82) is 0 Å². The van der Waals surface area contributed by atoms with Gasteiger partial charge < -0.3 is 24.3 Å². The summed E-state index contributed by atoms with van der Waals surface area (Å²) in [6.07, 6.45) is 1.65. The summed E-state index contributed by atoms with van der Waals surface area (Å²) in [5.41, 5.74) is 1.17. The quantitative estimate of drug-likeness (QED) is 0.735. The van der Waals surface area contributed by atoms with Crippen molar-refractivity contribution in [3.63, 3.8) is 0 Å². The summed E-state index contributed by atoms with van der Waals surface area (Å²) in [6.45, 7) is 9.02. The number of anilines is 2. The summed E-state index contributed by atoms with van der Waals surface area (Å²) in [6, 6.07) is 9.83. The number of ether oxygens (including phenoxy) is 1. The fourth-order valence-electron chi connectivity index (χ4n) is 3.77. The SMILES string of the molecule is Cc1ccc(OCC(=O)N2CCN(c3cc(N4CCN(C)CC4)ncn3)CC2)cc1. The first-order valence-corrected chi connectivity index (χ1v) is 10.6. The van der Waals surface area contributed by atoms with Crippen LogP contribution in [0.5, 0.6) is 5.75 Å². The zero-order valence-corrected chi connectivity index (χ0v) is 17.8. The van der Waals surface area contributed by atoms with Gasteiger partial charge in [-0.2, -0.15) is 0 Å². The average Bonchev–Trinajstić information content (AvgIpc) is 2.79. The molecule has 3 heterocycles. The van der Waals surface area contributed by atoms with Gasteiger partial charge in [0.2, 0.25) is 0 Å². The highest BCUT2D eigenvalue weighted by atomic mass is 16.5. The lowest BCUT2D eigenvalue weighted by molar-refractivity contribution is -0.133. The molecule has 0 unspecified atom stereocenters. The number of amides is 1. The molecule has 8 heteroatoms. The van der Waals surface area contributed by atoms with Crippen molar-refractivity contribution in [2.45, 2.75) is 6.92 Å². The number of likely N-dealkylation sites (N-methyl/N-ethyl adjacent to an activating group) is 1. The number of hydrogen-bond donors (Lipinski definition) is 0. The summed E-state index contributed by atoms with van der Waals surface area (Å²) >= 11 is 0. The molecular formula is C22H30N6O2. The Morgan fingerprint density at radius 1 is 0.900 bits per heavy atom. The van der Waals surface area contributed by atoms with Crippen molar-refractivity contribution in [2.75, 3.05) is 75.8 Å². The Morgan fingerprint density at radius 2 is 1.47 bits per heavy atom. The van der Waals surface area contributed by atoms with Gasteiger partial charge in [-0.15, -0.1) is 0 Å². The lowest BCUT2D eigenvalue weighted by atomic mass is 10.2. The van der Waals surface area contributed by atoms with E-state index in [4.69, 9.17) is 4.74 Å². The van der Waals surface area contributed by atoms with E-state index in [0.717, 1.165) is 56.7 Å². The monoisotopic (exact) mass is 410 g/mol. The second-order valence-electron chi connectivity index (χ2n) is 7.99. The molecule has 2 fully saturated rings. The maximum absolute atomic E-state index is 12.5. The fraction of sp³-hybridized carbons (Fsp3) is 0.500. The van der Waals surface area contributed by atoms with Crippen molar-refractivity contribution >= 4 is 17.5 Å². The minimum absolute atomic E-state index is 0.0241. The fourth-order valence-corrected chi connectivity index (χ4v) is 3.77. The van der Waals surface area contributed by atoms with E-state index in [0.29, 0.717) is 13.1 Å². The predicted molar refractivity (Wildman–Crippen MR) is 117 cm³/mol. The first kappa shape index (κ1) is 20.4. The lowest BCUT2D eigenvalue weighted by Gasteiger charge is -2.36. The van der Waals surface area contributed by atoms with Crippen LogP contribution >= 0.6 is 0 Å². The minimum Gasteiger partial charge on any atom is -0.484 e. The second kappa shape index (κ2) is 9.30. The predicted octanol–water partition coefficient (Wildman–Crippen LogP) is 1.26. The summed E-state index contributed by atoms with van der Waals surface area (Å²) < 4.78 is 5.64. The highest BCUT2D eigenvalue weighted by Gasteiger charge is 2.23. The Bertz CT molecular complexity index is 843. The summed E-state index contributed by atoms with van der Waals surface area (Å²) in [7, 11) is 2.15. The van der Waals surface area contributed by atoms with Crippen LogP contribution in [0.4, 0.5) is 11.6 Å². The molecule has 1 amide bonds. The van der Waals surface area contributed by atoms with Crippen LogP contribution in [0.1, 0.15) is 5.56 Å². The van der Waals surface area contributed by atoms with Crippen LogP contribution in [-0.4, -0.2) is 91.7 Å². The van der Waals surface area contributed by atoms with Crippen molar-refractivity contribution in [3.05, 3.63) is 42.2 Å². The molecule has 1 aromatic carbocycles. The number of carbonyl (C=O) groups is 1. The molecule has 2 aliphatic rings. The molecule has 2 aromatic rings. The molecule has 0 aliphatic carbocycles. The number of benzene rings is 1. The highest BCUT2D eigenvalue weighted by Crippen LogP contribution is 2.20. The van der Waals surface area contributed by atoms with Crippen molar-refractivity contribution in [3.8, 4) is 5.75 Å². The van der Waals surface area contributed by atoms with Gasteiger partial charge in [-0.25, -0.2) is 9.97 Å². The third-order valence-electron chi connectivity index (χ3n) is 5.81. The van der Waals surface area contributed by atoms with Gasteiger partial charge in [-0.3, -0.25) is 4.79 Å². The summed E-state index contributed by atoms with van der Waals surface area (Å²) in [5, 5.41) is 0. The van der Waals surface area contributed by atoms with Crippen molar-refractivity contribution < 1.29 is 9.53 Å². The van der Waals surface area contributed by atoms with E-state index in [1.807, 2.05) is 36.1 Å². The second-order valence-corrected chi connectivity index (χ2v) is 7.99. The number of nitrogens with zero attached hydrogens (tertiary/aromatic N) is 6. The van der Waals surface area contributed by atoms with Crippen LogP contribution in [0.3, 0.4) is 0 Å². The van der Waals surface area contributed by atoms with Crippen LogP contribution in [0.25, 0.3) is 0 Å². The molecule has 2 saturated heterocycles. The molecule has 160 valence electrons. The molecule has 1 aromatic heterocycles. The van der Waals surface area contributed by atoms with E-state index in [1.54, 1.807) is 6.33 Å². The Morgan fingerprint density at radius 3 is 2.07 bits per heavy atom. The summed E-state index contributed by atoms with van der Waals surface area (Å²) in [4.78, 5) is 30.2. The molecule has 4 rings (SSSR count). The van der Waals surface area contributed by atoms with E-state index in [1.165, 1.54) is 5.56 Å². The standard InChI is InChI=1S/C22H30N6O2/c1-18-3-5-19(6-4-18)30-16-22(29)28-13-11-27(12-14-28)21-15-20(23-17-24-21)26-9-7-25(2)8-10-26/h3-6,15,17H,7-14,16H2,1-2H3. The van der Waals surface area contributed by atoms with Gasteiger partial charge in [-0.1, -0.05) is 17.7 Å². The van der Waals surface area contributed by atoms with Crippen molar-refractivity contribution in [2.24, 2.45) is 0 Å². The average molecular weight is 411 g/mol. The number of carbonyl (C=O) groups excluding carboxylic acids is 1. The number of aryl methyl sites for hydroxylation is 1. The van der Waals surface area contributed by atoms with E-state index < -0.39 is 0 Å². The van der Waals surface area contributed by atoms with Gasteiger partial charge >= 0.3 is 0 Å². The van der Waals surface area contributed by atoms with E-state index in [9.17, 15) is 4.79 Å². The molecule has 0 saturated carbocycles. The van der Waals surface area contributed by atoms with Crippen LogP contribution in [0.2, 0.25) is 0 Å². The Balaban J connectivity index is 1.28. The highest BCUT2D eigenvalue weighted by molar-refractivity contribution is 5.78. The van der Waals surface area contributed by atoms with E-state index in [2.05, 4.69) is 37.8 Å². The molecule has 0 atom stereocenters. The zero-order chi connectivity index (χ0) is 20.9. The van der Waals surface area contributed by atoms with Gasteiger partial charge in [0, 0.05) is 58.4 Å². The molecule has 0 bridgehead atoms. The smallest absolute Gasteiger partial charge is 0.260 e. The van der Waals surface area contributed by atoms with Gasteiger partial charge in [-0.05, 0) is 26.1 Å². The first-order valence-electron chi connectivity index (χ1n) is 10.6. The molecule has 0 N–H and O–H groups in total. The third kappa shape index (κ3) is 4.99. The minimum atomic E-state index is 0.0241. The number of piperazine rings is 2. The van der Waals surface area contributed by atoms with Crippen LogP contribution in [0.15, 0.2) is 36.7 Å². The number of rotatable bonds is 5. The third-order valence-corrected chi connectivity index (χ3v) is 5.81. The van der Waals surface area contributed by atoms with E-state index >= 15 is 0 Å². The van der Waals surface area contributed by atoms with Gasteiger partial charge in [0.15, 0.2) is 6.61 Å². The molecule has 0 radical (unpaired) electrons. The Kier molecular flexibility index (Phi) is 6.32. The van der Waals surface area contributed by atoms with Crippen LogP contribution < -0.4 is 14.5 Å². The Hall–Kier alpha value is -2.87.